The molecule has 0 radical (unpaired) electrons. The number of nitro benzene ring substituents is 1. The lowest BCUT2D eigenvalue weighted by molar-refractivity contribution is -0.384. The van der Waals surface area contributed by atoms with Gasteiger partial charge in [0.25, 0.3) is 11.6 Å². The van der Waals surface area contributed by atoms with Crippen molar-refractivity contribution < 1.29 is 14.5 Å². The van der Waals surface area contributed by atoms with Gasteiger partial charge in [0, 0.05) is 17.7 Å². The molecular weight excluding hydrogens is 330 g/mol. The van der Waals surface area contributed by atoms with E-state index in [9.17, 15) is 14.9 Å². The Kier molecular flexibility index (Phi) is 4.39. The molecular formula is C16H13N3O4S. The van der Waals surface area contributed by atoms with E-state index >= 15 is 0 Å². The van der Waals surface area contributed by atoms with E-state index in [0.717, 1.165) is 0 Å². The number of carbonyl (C=O) groups is 1. The number of nitrogens with one attached hydrogen (secondary N) is 1. The molecule has 0 saturated heterocycles. The average molecular weight is 343 g/mol. The SMILES string of the molecule is CCOc1ccc(C(=O)Nc2nc3ccc([N+](=O)[O-])cc3s2)cc1. The standard InChI is InChI=1S/C16H13N3O4S/c1-2-23-12-6-3-10(4-7-12)15(20)18-16-17-13-8-5-11(19(21)22)9-14(13)24-16/h3-9H,2H2,1H3,(H,17,18,20). The average Bonchev–Trinajstić information content (AvgIpc) is 2.97. The molecule has 2 aromatic carbocycles. The highest BCUT2D eigenvalue weighted by Gasteiger charge is 2.13. The first-order valence-corrected chi connectivity index (χ1v) is 7.97. The van der Waals surface area contributed by atoms with E-state index in [-0.39, 0.29) is 11.6 Å². The predicted octanol–water partition coefficient (Wildman–Crippen LogP) is 3.86. The van der Waals surface area contributed by atoms with Crippen LogP contribution in [0.15, 0.2) is 42.5 Å². The number of aromatic nitrogens is 1. The summed E-state index contributed by atoms with van der Waals surface area (Å²) in [6.07, 6.45) is 0. The summed E-state index contributed by atoms with van der Waals surface area (Å²) in [5.74, 6) is 0.396. The molecule has 1 heterocycles. The van der Waals surface area contributed by atoms with Gasteiger partial charge in [0.2, 0.25) is 0 Å². The molecule has 0 bridgehead atoms. The van der Waals surface area contributed by atoms with Crippen molar-refractivity contribution in [3.05, 3.63) is 58.1 Å². The van der Waals surface area contributed by atoms with Gasteiger partial charge < -0.3 is 4.74 Å². The Morgan fingerprint density at radius 3 is 2.71 bits per heavy atom. The van der Waals surface area contributed by atoms with Crippen molar-refractivity contribution >= 4 is 38.3 Å². The maximum absolute atomic E-state index is 12.2. The summed E-state index contributed by atoms with van der Waals surface area (Å²) in [6, 6.07) is 11.2. The Bertz CT molecular complexity index is 905. The van der Waals surface area contributed by atoms with Crippen LogP contribution in [0.5, 0.6) is 5.75 Å². The highest BCUT2D eigenvalue weighted by molar-refractivity contribution is 7.22. The Balaban J connectivity index is 1.78. The number of nitrogens with zero attached hydrogens (tertiary/aromatic N) is 2. The zero-order valence-electron chi connectivity index (χ0n) is 12.7. The molecule has 0 atom stereocenters. The summed E-state index contributed by atoms with van der Waals surface area (Å²) < 4.78 is 5.98. The molecule has 3 aromatic rings. The molecule has 122 valence electrons. The number of rotatable bonds is 5. The number of hydrogen-bond donors (Lipinski definition) is 1. The van der Waals surface area contributed by atoms with E-state index < -0.39 is 4.92 Å². The van der Waals surface area contributed by atoms with Gasteiger partial charge >= 0.3 is 0 Å². The number of anilines is 1. The van der Waals surface area contributed by atoms with Crippen molar-refractivity contribution in [2.75, 3.05) is 11.9 Å². The van der Waals surface area contributed by atoms with Gasteiger partial charge in [-0.25, -0.2) is 4.98 Å². The molecule has 0 unspecified atom stereocenters. The summed E-state index contributed by atoms with van der Waals surface area (Å²) in [6.45, 7) is 2.45. The van der Waals surface area contributed by atoms with Crippen LogP contribution in [0.1, 0.15) is 17.3 Å². The zero-order valence-corrected chi connectivity index (χ0v) is 13.5. The monoisotopic (exact) mass is 343 g/mol. The number of hydrogen-bond acceptors (Lipinski definition) is 6. The largest absolute Gasteiger partial charge is 0.494 e. The van der Waals surface area contributed by atoms with E-state index in [1.54, 1.807) is 30.3 Å². The summed E-state index contributed by atoms with van der Waals surface area (Å²) in [5, 5.41) is 13.9. The van der Waals surface area contributed by atoms with Gasteiger partial charge in [-0.3, -0.25) is 20.2 Å². The van der Waals surface area contributed by atoms with Gasteiger partial charge in [0.1, 0.15) is 5.75 Å². The lowest BCUT2D eigenvalue weighted by atomic mass is 10.2. The molecule has 0 saturated carbocycles. The lowest BCUT2D eigenvalue weighted by Crippen LogP contribution is -2.11. The molecule has 1 amide bonds. The number of nitro groups is 1. The molecule has 0 spiro atoms. The van der Waals surface area contributed by atoms with Crippen molar-refractivity contribution in [3.8, 4) is 5.75 Å². The fourth-order valence-corrected chi connectivity index (χ4v) is 3.01. The first-order chi connectivity index (χ1) is 11.6. The van der Waals surface area contributed by atoms with Crippen LogP contribution >= 0.6 is 11.3 Å². The van der Waals surface area contributed by atoms with E-state index in [1.807, 2.05) is 6.92 Å². The molecule has 0 aliphatic rings. The molecule has 1 N–H and O–H groups in total. The van der Waals surface area contributed by atoms with Crippen LogP contribution < -0.4 is 10.1 Å². The molecule has 1 aromatic heterocycles. The number of fused-ring (bicyclic) bond motifs is 1. The van der Waals surface area contributed by atoms with Crippen LogP contribution in [-0.2, 0) is 0 Å². The second-order valence-electron chi connectivity index (χ2n) is 4.84. The topological polar surface area (TPSA) is 94.4 Å². The van der Waals surface area contributed by atoms with Crippen LogP contribution in [-0.4, -0.2) is 22.4 Å². The van der Waals surface area contributed by atoms with Crippen molar-refractivity contribution in [2.45, 2.75) is 6.92 Å². The van der Waals surface area contributed by atoms with E-state index in [2.05, 4.69) is 10.3 Å². The van der Waals surface area contributed by atoms with Gasteiger partial charge in [-0.1, -0.05) is 11.3 Å². The maximum atomic E-state index is 12.2. The third kappa shape index (κ3) is 3.33. The van der Waals surface area contributed by atoms with E-state index in [4.69, 9.17) is 4.74 Å². The zero-order chi connectivity index (χ0) is 17.1. The van der Waals surface area contributed by atoms with Crippen LogP contribution in [0, 0.1) is 10.1 Å². The summed E-state index contributed by atoms with van der Waals surface area (Å²) >= 11 is 1.19. The molecule has 24 heavy (non-hydrogen) atoms. The first-order valence-electron chi connectivity index (χ1n) is 7.16. The quantitative estimate of drug-likeness (QED) is 0.561. The van der Waals surface area contributed by atoms with E-state index in [1.165, 1.54) is 23.5 Å². The normalized spacial score (nSPS) is 10.5. The molecule has 0 aliphatic carbocycles. The van der Waals surface area contributed by atoms with Crippen molar-refractivity contribution in [1.82, 2.24) is 4.98 Å². The van der Waals surface area contributed by atoms with Gasteiger partial charge in [-0.05, 0) is 37.3 Å². The Morgan fingerprint density at radius 1 is 1.29 bits per heavy atom. The minimum absolute atomic E-state index is 0.00413. The summed E-state index contributed by atoms with van der Waals surface area (Å²) in [5.41, 5.74) is 1.08. The maximum Gasteiger partial charge on any atom is 0.270 e. The van der Waals surface area contributed by atoms with Crippen molar-refractivity contribution in [1.29, 1.82) is 0 Å². The third-order valence-electron chi connectivity index (χ3n) is 3.23. The van der Waals surface area contributed by atoms with Crippen LogP contribution in [0.25, 0.3) is 10.2 Å². The highest BCUT2D eigenvalue weighted by Crippen LogP contribution is 2.29. The van der Waals surface area contributed by atoms with E-state index in [0.29, 0.717) is 33.3 Å². The molecule has 3 rings (SSSR count). The van der Waals surface area contributed by atoms with Crippen molar-refractivity contribution in [2.24, 2.45) is 0 Å². The fraction of sp³-hybridized carbons (Fsp3) is 0.125. The number of non-ortho nitro benzene ring substituents is 1. The highest BCUT2D eigenvalue weighted by atomic mass is 32.1. The first kappa shape index (κ1) is 15.9. The second-order valence-corrected chi connectivity index (χ2v) is 5.87. The number of thiazole rings is 1. The lowest BCUT2D eigenvalue weighted by Gasteiger charge is -2.04. The third-order valence-corrected chi connectivity index (χ3v) is 4.16. The molecule has 8 heteroatoms. The molecule has 7 nitrogen and oxygen atoms in total. The fourth-order valence-electron chi connectivity index (χ4n) is 2.12. The van der Waals surface area contributed by atoms with Gasteiger partial charge in [0.05, 0.1) is 21.7 Å². The number of amides is 1. The molecule has 0 aliphatic heterocycles. The Hall–Kier alpha value is -3.00. The smallest absolute Gasteiger partial charge is 0.270 e. The minimum Gasteiger partial charge on any atom is -0.494 e. The van der Waals surface area contributed by atoms with Crippen LogP contribution in [0.4, 0.5) is 10.8 Å². The predicted molar refractivity (Wildman–Crippen MR) is 91.8 cm³/mol. The molecule has 0 fully saturated rings. The Morgan fingerprint density at radius 2 is 2.04 bits per heavy atom. The van der Waals surface area contributed by atoms with Crippen LogP contribution in [0.2, 0.25) is 0 Å². The second kappa shape index (κ2) is 6.63. The minimum atomic E-state index is -0.461. The Labute approximate surface area is 141 Å². The number of carbonyl (C=O) groups excluding carboxylic acids is 1. The van der Waals surface area contributed by atoms with Crippen molar-refractivity contribution in [3.63, 3.8) is 0 Å². The number of benzene rings is 2. The van der Waals surface area contributed by atoms with Gasteiger partial charge in [-0.15, -0.1) is 0 Å². The van der Waals surface area contributed by atoms with Gasteiger partial charge in [0.15, 0.2) is 5.13 Å². The summed E-state index contributed by atoms with van der Waals surface area (Å²) in [4.78, 5) is 26.8. The van der Waals surface area contributed by atoms with Gasteiger partial charge in [-0.2, -0.15) is 0 Å². The number of ether oxygens (including phenoxy) is 1. The summed E-state index contributed by atoms with van der Waals surface area (Å²) in [7, 11) is 0. The van der Waals surface area contributed by atoms with Crippen LogP contribution in [0.3, 0.4) is 0 Å².